The normalized spacial score (nSPS) is 12.5. The minimum atomic E-state index is 0.324. The Morgan fingerprint density at radius 1 is 1.31 bits per heavy atom. The first-order valence-electron chi connectivity index (χ1n) is 4.64. The summed E-state index contributed by atoms with van der Waals surface area (Å²) in [5, 5.41) is 0. The molecule has 1 atom stereocenters. The van der Waals surface area contributed by atoms with E-state index in [0.29, 0.717) is 6.10 Å². The van der Waals surface area contributed by atoms with Crippen LogP contribution in [-0.2, 0) is 0 Å². The standard InChI is InChI=1S/C11H15IO/c1-3-4-9(2)13-11-7-5-10(12)6-8-11/h5-9H,3-4H2,1-2H3. The Morgan fingerprint density at radius 2 is 1.92 bits per heavy atom. The maximum Gasteiger partial charge on any atom is 0.119 e. The van der Waals surface area contributed by atoms with E-state index in [0.717, 1.165) is 12.2 Å². The summed E-state index contributed by atoms with van der Waals surface area (Å²) in [5.74, 6) is 0.973. The molecular weight excluding hydrogens is 275 g/mol. The van der Waals surface area contributed by atoms with Crippen molar-refractivity contribution in [2.45, 2.75) is 32.8 Å². The van der Waals surface area contributed by atoms with Crippen LogP contribution in [-0.4, -0.2) is 6.10 Å². The van der Waals surface area contributed by atoms with E-state index in [4.69, 9.17) is 4.74 Å². The van der Waals surface area contributed by atoms with Crippen LogP contribution < -0.4 is 4.74 Å². The van der Waals surface area contributed by atoms with Gasteiger partial charge in [0.05, 0.1) is 6.10 Å². The zero-order valence-electron chi connectivity index (χ0n) is 8.09. The number of rotatable bonds is 4. The van der Waals surface area contributed by atoms with Crippen molar-refractivity contribution >= 4 is 22.6 Å². The summed E-state index contributed by atoms with van der Waals surface area (Å²) in [6.45, 7) is 4.29. The Morgan fingerprint density at radius 3 is 2.46 bits per heavy atom. The first-order valence-corrected chi connectivity index (χ1v) is 5.72. The Bertz CT molecular complexity index is 243. The van der Waals surface area contributed by atoms with E-state index in [-0.39, 0.29) is 0 Å². The lowest BCUT2D eigenvalue weighted by Gasteiger charge is -2.13. The smallest absolute Gasteiger partial charge is 0.119 e. The third kappa shape index (κ3) is 3.98. The average Bonchev–Trinajstić information content (AvgIpc) is 2.09. The number of hydrogen-bond acceptors (Lipinski definition) is 1. The maximum absolute atomic E-state index is 5.71. The van der Waals surface area contributed by atoms with E-state index in [1.165, 1.54) is 9.99 Å². The fourth-order valence-electron chi connectivity index (χ4n) is 1.21. The molecule has 0 heterocycles. The van der Waals surface area contributed by atoms with Gasteiger partial charge in [-0.15, -0.1) is 0 Å². The third-order valence-corrected chi connectivity index (χ3v) is 2.57. The molecule has 0 bridgehead atoms. The number of benzene rings is 1. The van der Waals surface area contributed by atoms with Gasteiger partial charge in [0.2, 0.25) is 0 Å². The van der Waals surface area contributed by atoms with Gasteiger partial charge in [-0.3, -0.25) is 0 Å². The van der Waals surface area contributed by atoms with Crippen LogP contribution in [0.2, 0.25) is 0 Å². The quantitative estimate of drug-likeness (QED) is 0.765. The van der Waals surface area contributed by atoms with Crippen molar-refractivity contribution < 1.29 is 4.74 Å². The van der Waals surface area contributed by atoms with Crippen LogP contribution in [0.15, 0.2) is 24.3 Å². The largest absolute Gasteiger partial charge is 0.491 e. The molecule has 0 saturated carbocycles. The lowest BCUT2D eigenvalue weighted by Crippen LogP contribution is -2.10. The Balaban J connectivity index is 2.49. The summed E-state index contributed by atoms with van der Waals surface area (Å²) >= 11 is 2.29. The van der Waals surface area contributed by atoms with Gasteiger partial charge in [-0.1, -0.05) is 13.3 Å². The van der Waals surface area contributed by atoms with Crippen molar-refractivity contribution in [2.75, 3.05) is 0 Å². The van der Waals surface area contributed by atoms with E-state index in [1.54, 1.807) is 0 Å². The summed E-state index contributed by atoms with van der Waals surface area (Å²) in [6, 6.07) is 8.17. The van der Waals surface area contributed by atoms with Crippen LogP contribution in [0.25, 0.3) is 0 Å². The molecule has 0 N–H and O–H groups in total. The SMILES string of the molecule is CCCC(C)Oc1ccc(I)cc1. The van der Waals surface area contributed by atoms with Gasteiger partial charge in [-0.05, 0) is 60.2 Å². The second-order valence-electron chi connectivity index (χ2n) is 3.17. The number of hydrogen-bond donors (Lipinski definition) is 0. The van der Waals surface area contributed by atoms with E-state index in [2.05, 4.69) is 48.6 Å². The minimum Gasteiger partial charge on any atom is -0.491 e. The molecule has 13 heavy (non-hydrogen) atoms. The first kappa shape index (κ1) is 10.8. The van der Waals surface area contributed by atoms with Crippen molar-refractivity contribution in [3.8, 4) is 5.75 Å². The molecule has 0 fully saturated rings. The molecule has 1 aromatic carbocycles. The zero-order valence-corrected chi connectivity index (χ0v) is 10.2. The zero-order chi connectivity index (χ0) is 9.68. The van der Waals surface area contributed by atoms with Crippen LogP contribution in [0.1, 0.15) is 26.7 Å². The Kier molecular flexibility index (Phi) is 4.56. The van der Waals surface area contributed by atoms with Gasteiger partial charge >= 0.3 is 0 Å². The van der Waals surface area contributed by atoms with Crippen LogP contribution in [0.4, 0.5) is 0 Å². The Labute approximate surface area is 93.6 Å². The van der Waals surface area contributed by atoms with Crippen molar-refractivity contribution in [2.24, 2.45) is 0 Å². The monoisotopic (exact) mass is 290 g/mol. The molecule has 1 rings (SSSR count). The van der Waals surface area contributed by atoms with E-state index < -0.39 is 0 Å². The molecule has 0 aliphatic heterocycles. The molecule has 72 valence electrons. The van der Waals surface area contributed by atoms with E-state index in [1.807, 2.05) is 12.1 Å². The van der Waals surface area contributed by atoms with Crippen molar-refractivity contribution in [1.82, 2.24) is 0 Å². The fourth-order valence-corrected chi connectivity index (χ4v) is 1.57. The predicted molar refractivity (Wildman–Crippen MR) is 64.2 cm³/mol. The Hall–Kier alpha value is -0.250. The summed E-state index contributed by atoms with van der Waals surface area (Å²) in [6.07, 6.45) is 2.61. The van der Waals surface area contributed by atoms with Crippen LogP contribution in [0, 0.1) is 3.57 Å². The number of halogens is 1. The van der Waals surface area contributed by atoms with E-state index in [9.17, 15) is 0 Å². The molecule has 0 amide bonds. The number of ether oxygens (including phenoxy) is 1. The van der Waals surface area contributed by atoms with E-state index >= 15 is 0 Å². The van der Waals surface area contributed by atoms with Crippen molar-refractivity contribution in [1.29, 1.82) is 0 Å². The van der Waals surface area contributed by atoms with Gasteiger partial charge in [-0.25, -0.2) is 0 Å². The molecule has 1 nitrogen and oxygen atoms in total. The highest BCUT2D eigenvalue weighted by Gasteiger charge is 2.01. The summed E-state index contributed by atoms with van der Waals surface area (Å²) in [5.41, 5.74) is 0. The van der Waals surface area contributed by atoms with Crippen LogP contribution in [0.5, 0.6) is 5.75 Å². The first-order chi connectivity index (χ1) is 6.22. The maximum atomic E-state index is 5.71. The van der Waals surface area contributed by atoms with Gasteiger partial charge in [0.1, 0.15) is 5.75 Å². The molecule has 0 aliphatic rings. The lowest BCUT2D eigenvalue weighted by molar-refractivity contribution is 0.210. The molecule has 1 aromatic rings. The highest BCUT2D eigenvalue weighted by Crippen LogP contribution is 2.16. The second-order valence-corrected chi connectivity index (χ2v) is 4.42. The molecule has 2 heteroatoms. The third-order valence-electron chi connectivity index (χ3n) is 1.85. The van der Waals surface area contributed by atoms with Crippen molar-refractivity contribution in [3.05, 3.63) is 27.8 Å². The second kappa shape index (κ2) is 5.47. The highest BCUT2D eigenvalue weighted by atomic mass is 127. The molecule has 0 aliphatic carbocycles. The van der Waals surface area contributed by atoms with Gasteiger partial charge < -0.3 is 4.74 Å². The lowest BCUT2D eigenvalue weighted by atomic mass is 10.2. The van der Waals surface area contributed by atoms with Crippen LogP contribution >= 0.6 is 22.6 Å². The van der Waals surface area contributed by atoms with Crippen molar-refractivity contribution in [3.63, 3.8) is 0 Å². The molecule has 0 spiro atoms. The minimum absolute atomic E-state index is 0.324. The summed E-state index contributed by atoms with van der Waals surface area (Å²) < 4.78 is 6.95. The van der Waals surface area contributed by atoms with Crippen LogP contribution in [0.3, 0.4) is 0 Å². The fraction of sp³-hybridized carbons (Fsp3) is 0.455. The van der Waals surface area contributed by atoms with Gasteiger partial charge in [0.15, 0.2) is 0 Å². The highest BCUT2D eigenvalue weighted by molar-refractivity contribution is 14.1. The predicted octanol–water partition coefficient (Wildman–Crippen LogP) is 3.86. The molecule has 0 saturated heterocycles. The average molecular weight is 290 g/mol. The molecular formula is C11H15IO. The topological polar surface area (TPSA) is 9.23 Å². The molecule has 0 aromatic heterocycles. The summed E-state index contributed by atoms with van der Waals surface area (Å²) in [7, 11) is 0. The summed E-state index contributed by atoms with van der Waals surface area (Å²) in [4.78, 5) is 0. The van der Waals surface area contributed by atoms with Gasteiger partial charge in [-0.2, -0.15) is 0 Å². The molecule has 0 radical (unpaired) electrons. The van der Waals surface area contributed by atoms with Gasteiger partial charge in [0, 0.05) is 3.57 Å². The molecule has 1 unspecified atom stereocenters. The van der Waals surface area contributed by atoms with Gasteiger partial charge in [0.25, 0.3) is 0 Å².